The summed E-state index contributed by atoms with van der Waals surface area (Å²) in [6, 6.07) is 0. The maximum absolute atomic E-state index is 11.6. The van der Waals surface area contributed by atoms with Gasteiger partial charge in [0.2, 0.25) is 0 Å². The number of carbonyl (C=O) groups excluding carboxylic acids is 1. The Morgan fingerprint density at radius 2 is 1.95 bits per heavy atom. The Kier molecular flexibility index (Phi) is 6.61. The van der Waals surface area contributed by atoms with E-state index in [0.717, 1.165) is 12.8 Å². The molecule has 1 aliphatic carbocycles. The number of hydrogen-bond donors (Lipinski definition) is 3. The first-order valence-electron chi connectivity index (χ1n) is 6.85. The van der Waals surface area contributed by atoms with Gasteiger partial charge in [0.05, 0.1) is 18.6 Å². The Labute approximate surface area is 118 Å². The Morgan fingerprint density at radius 3 is 2.55 bits per heavy atom. The summed E-state index contributed by atoms with van der Waals surface area (Å²) in [5, 5.41) is 28.4. The van der Waals surface area contributed by atoms with Crippen LogP contribution < -0.4 is 0 Å². The minimum Gasteiger partial charge on any atom is -0.481 e. The largest absolute Gasteiger partial charge is 0.481 e. The van der Waals surface area contributed by atoms with E-state index in [1.165, 1.54) is 6.08 Å². The van der Waals surface area contributed by atoms with E-state index in [1.807, 2.05) is 0 Å². The quantitative estimate of drug-likeness (QED) is 0.354. The van der Waals surface area contributed by atoms with Crippen LogP contribution in [0.5, 0.6) is 0 Å². The van der Waals surface area contributed by atoms with E-state index in [4.69, 9.17) is 5.11 Å². The Morgan fingerprint density at radius 1 is 1.25 bits per heavy atom. The molecule has 1 aliphatic rings. The molecule has 1 saturated carbocycles. The molecule has 4 atom stereocenters. The molecule has 0 aliphatic heterocycles. The van der Waals surface area contributed by atoms with Crippen molar-refractivity contribution < 1.29 is 24.9 Å². The summed E-state index contributed by atoms with van der Waals surface area (Å²) in [6.45, 7) is 3.58. The van der Waals surface area contributed by atoms with Crippen LogP contribution in [0.2, 0.25) is 0 Å². The van der Waals surface area contributed by atoms with Gasteiger partial charge >= 0.3 is 5.97 Å². The first kappa shape index (κ1) is 16.6. The van der Waals surface area contributed by atoms with E-state index in [2.05, 4.69) is 6.58 Å². The third kappa shape index (κ3) is 4.90. The summed E-state index contributed by atoms with van der Waals surface area (Å²) in [5.41, 5.74) is 0. The van der Waals surface area contributed by atoms with E-state index in [9.17, 15) is 19.8 Å². The van der Waals surface area contributed by atoms with E-state index in [1.54, 1.807) is 12.2 Å². The Hall–Kier alpha value is -1.46. The zero-order chi connectivity index (χ0) is 15.1. The van der Waals surface area contributed by atoms with Crippen molar-refractivity contribution in [3.05, 3.63) is 24.8 Å². The van der Waals surface area contributed by atoms with E-state index in [-0.39, 0.29) is 18.6 Å². The van der Waals surface area contributed by atoms with Gasteiger partial charge in [0.1, 0.15) is 0 Å². The molecule has 0 radical (unpaired) electrons. The second kappa shape index (κ2) is 7.97. The third-order valence-electron chi connectivity index (χ3n) is 3.66. The lowest BCUT2D eigenvalue weighted by molar-refractivity contribution is -0.139. The Balaban J connectivity index is 2.59. The summed E-state index contributed by atoms with van der Waals surface area (Å²) >= 11 is 0. The van der Waals surface area contributed by atoms with Crippen LogP contribution in [0.25, 0.3) is 0 Å². The van der Waals surface area contributed by atoms with Crippen molar-refractivity contribution in [1.29, 1.82) is 0 Å². The first-order valence-corrected chi connectivity index (χ1v) is 6.85. The molecule has 0 amide bonds. The van der Waals surface area contributed by atoms with Gasteiger partial charge in [-0.05, 0) is 18.9 Å². The lowest BCUT2D eigenvalue weighted by atomic mass is 9.90. The summed E-state index contributed by atoms with van der Waals surface area (Å²) in [6.07, 6.45) is 4.88. The normalized spacial score (nSPS) is 29.7. The van der Waals surface area contributed by atoms with Gasteiger partial charge < -0.3 is 15.3 Å². The lowest BCUT2D eigenvalue weighted by Crippen LogP contribution is -2.23. The molecule has 112 valence electrons. The molecule has 0 bridgehead atoms. The SMILES string of the molecule is C=CCCCC(=O)C=C[C@@H]1[C@@H](CC(=O)O)[C@@H](O)C[C@H]1O. The van der Waals surface area contributed by atoms with Gasteiger partial charge in [-0.15, -0.1) is 6.58 Å². The van der Waals surface area contributed by atoms with Gasteiger partial charge in [-0.3, -0.25) is 9.59 Å². The van der Waals surface area contributed by atoms with Crippen molar-refractivity contribution in [2.24, 2.45) is 11.8 Å². The molecule has 1 rings (SSSR count). The van der Waals surface area contributed by atoms with Crippen molar-refractivity contribution in [3.8, 4) is 0 Å². The second-order valence-electron chi connectivity index (χ2n) is 5.22. The minimum atomic E-state index is -1.01. The standard InChI is InChI=1S/C15H22O5/c1-2-3-4-5-10(16)6-7-11-12(8-15(19)20)14(18)9-13(11)17/h2,6-7,11-14,17-18H,1,3-5,8-9H2,(H,19,20)/t11-,12-,13-,14+/m1/s1. The number of aliphatic hydroxyl groups is 2. The first-order chi connectivity index (χ1) is 9.45. The molecular formula is C15H22O5. The summed E-state index contributed by atoms with van der Waals surface area (Å²) in [5.74, 6) is -2.10. The zero-order valence-electron chi connectivity index (χ0n) is 11.4. The van der Waals surface area contributed by atoms with Crippen LogP contribution >= 0.6 is 0 Å². The molecule has 0 aromatic carbocycles. The maximum atomic E-state index is 11.6. The fourth-order valence-electron chi connectivity index (χ4n) is 2.59. The van der Waals surface area contributed by atoms with Crippen LogP contribution in [-0.4, -0.2) is 39.3 Å². The van der Waals surface area contributed by atoms with E-state index >= 15 is 0 Å². The van der Waals surface area contributed by atoms with Gasteiger partial charge in [0.25, 0.3) is 0 Å². The second-order valence-corrected chi connectivity index (χ2v) is 5.22. The number of carboxylic acids is 1. The molecule has 0 aromatic heterocycles. The smallest absolute Gasteiger partial charge is 0.303 e. The molecule has 0 heterocycles. The predicted molar refractivity (Wildman–Crippen MR) is 74.1 cm³/mol. The zero-order valence-corrected chi connectivity index (χ0v) is 11.4. The molecular weight excluding hydrogens is 260 g/mol. The minimum absolute atomic E-state index is 0.0606. The van der Waals surface area contributed by atoms with Crippen LogP contribution in [0.3, 0.4) is 0 Å². The fraction of sp³-hybridized carbons (Fsp3) is 0.600. The summed E-state index contributed by atoms with van der Waals surface area (Å²) in [4.78, 5) is 22.4. The van der Waals surface area contributed by atoms with Gasteiger partial charge in [-0.2, -0.15) is 0 Å². The number of hydrogen-bond acceptors (Lipinski definition) is 4. The van der Waals surface area contributed by atoms with Crippen LogP contribution in [0, 0.1) is 11.8 Å². The predicted octanol–water partition coefficient (Wildman–Crippen LogP) is 1.30. The van der Waals surface area contributed by atoms with Crippen LogP contribution in [0.4, 0.5) is 0 Å². The van der Waals surface area contributed by atoms with Crippen molar-refractivity contribution in [3.63, 3.8) is 0 Å². The van der Waals surface area contributed by atoms with Crippen LogP contribution in [0.15, 0.2) is 24.8 Å². The number of allylic oxidation sites excluding steroid dienone is 2. The lowest BCUT2D eigenvalue weighted by Gasteiger charge is -2.18. The number of aliphatic hydroxyl groups excluding tert-OH is 2. The molecule has 0 aromatic rings. The highest BCUT2D eigenvalue weighted by atomic mass is 16.4. The molecule has 5 nitrogen and oxygen atoms in total. The highest BCUT2D eigenvalue weighted by molar-refractivity contribution is 5.89. The third-order valence-corrected chi connectivity index (χ3v) is 3.66. The van der Waals surface area contributed by atoms with Crippen molar-refractivity contribution >= 4 is 11.8 Å². The highest BCUT2D eigenvalue weighted by Gasteiger charge is 2.41. The van der Waals surface area contributed by atoms with Crippen molar-refractivity contribution in [2.45, 2.75) is 44.3 Å². The molecule has 20 heavy (non-hydrogen) atoms. The highest BCUT2D eigenvalue weighted by Crippen LogP contribution is 2.35. The Bertz CT molecular complexity index is 388. The summed E-state index contributed by atoms with van der Waals surface area (Å²) < 4.78 is 0. The van der Waals surface area contributed by atoms with Crippen LogP contribution in [0.1, 0.15) is 32.1 Å². The monoisotopic (exact) mass is 282 g/mol. The van der Waals surface area contributed by atoms with Crippen molar-refractivity contribution in [2.75, 3.05) is 0 Å². The average molecular weight is 282 g/mol. The molecule has 0 spiro atoms. The molecule has 3 N–H and O–H groups in total. The number of rotatable bonds is 8. The number of carboxylic acid groups (broad SMARTS) is 1. The summed E-state index contributed by atoms with van der Waals surface area (Å²) in [7, 11) is 0. The topological polar surface area (TPSA) is 94.8 Å². The number of carbonyl (C=O) groups is 2. The van der Waals surface area contributed by atoms with Crippen LogP contribution in [-0.2, 0) is 9.59 Å². The average Bonchev–Trinajstić information content (AvgIpc) is 2.62. The molecule has 1 fully saturated rings. The van der Waals surface area contributed by atoms with Crippen molar-refractivity contribution in [1.82, 2.24) is 0 Å². The fourth-order valence-corrected chi connectivity index (χ4v) is 2.59. The molecule has 5 heteroatoms. The number of ketones is 1. The number of aliphatic carboxylic acids is 1. The number of unbranched alkanes of at least 4 members (excludes halogenated alkanes) is 1. The van der Waals surface area contributed by atoms with Gasteiger partial charge in [0.15, 0.2) is 5.78 Å². The maximum Gasteiger partial charge on any atom is 0.303 e. The van der Waals surface area contributed by atoms with Gasteiger partial charge in [-0.1, -0.05) is 12.2 Å². The van der Waals surface area contributed by atoms with Gasteiger partial charge in [-0.25, -0.2) is 0 Å². The molecule has 0 unspecified atom stereocenters. The van der Waals surface area contributed by atoms with E-state index in [0.29, 0.717) is 6.42 Å². The van der Waals surface area contributed by atoms with E-state index < -0.39 is 30.0 Å². The van der Waals surface area contributed by atoms with Gasteiger partial charge in [0, 0.05) is 24.7 Å². The molecule has 0 saturated heterocycles.